The number of anilines is 1. The van der Waals surface area contributed by atoms with Gasteiger partial charge in [0.15, 0.2) is 0 Å². The summed E-state index contributed by atoms with van der Waals surface area (Å²) in [6, 6.07) is 11.9. The highest BCUT2D eigenvalue weighted by Gasteiger charge is 2.31. The van der Waals surface area contributed by atoms with Crippen LogP contribution in [0.5, 0.6) is 11.5 Å². The zero-order valence-corrected chi connectivity index (χ0v) is 20.9. The molecule has 1 saturated heterocycles. The van der Waals surface area contributed by atoms with Gasteiger partial charge in [-0.05, 0) is 55.7 Å². The largest absolute Gasteiger partial charge is 0.497 e. The first-order valence-corrected chi connectivity index (χ1v) is 13.3. The molecule has 3 aliphatic rings. The first-order chi connectivity index (χ1) is 17.6. The van der Waals surface area contributed by atoms with Crippen LogP contribution in [0.3, 0.4) is 0 Å². The van der Waals surface area contributed by atoms with E-state index in [1.54, 1.807) is 13.2 Å². The van der Waals surface area contributed by atoms with Crippen molar-refractivity contribution in [2.75, 3.05) is 37.9 Å². The van der Waals surface area contributed by atoms with Crippen LogP contribution < -0.4 is 20.1 Å². The molecule has 3 aromatic rings. The summed E-state index contributed by atoms with van der Waals surface area (Å²) < 4.78 is 11.6. The lowest BCUT2D eigenvalue weighted by Crippen LogP contribution is -2.51. The highest BCUT2D eigenvalue weighted by molar-refractivity contribution is 8.00. The fraction of sp³-hybridized carbons (Fsp3) is 0.370. The predicted molar refractivity (Wildman–Crippen MR) is 139 cm³/mol. The molecular formula is C27H28N4O4S. The van der Waals surface area contributed by atoms with Gasteiger partial charge in [-0.15, -0.1) is 11.8 Å². The van der Waals surface area contributed by atoms with Gasteiger partial charge in [-0.1, -0.05) is 0 Å². The summed E-state index contributed by atoms with van der Waals surface area (Å²) in [6.07, 6.45) is 4.50. The van der Waals surface area contributed by atoms with E-state index in [4.69, 9.17) is 9.47 Å². The van der Waals surface area contributed by atoms with E-state index in [1.807, 2.05) is 36.5 Å². The van der Waals surface area contributed by atoms with Gasteiger partial charge in [0.1, 0.15) is 18.1 Å². The van der Waals surface area contributed by atoms with E-state index in [9.17, 15) is 9.59 Å². The van der Waals surface area contributed by atoms with E-state index in [0.29, 0.717) is 17.9 Å². The van der Waals surface area contributed by atoms with Crippen LogP contribution in [0.1, 0.15) is 28.8 Å². The van der Waals surface area contributed by atoms with Crippen LogP contribution in [-0.2, 0) is 11.2 Å². The van der Waals surface area contributed by atoms with E-state index in [0.717, 1.165) is 65.3 Å². The number of benzene rings is 2. The number of ether oxygens (including phenoxy) is 2. The van der Waals surface area contributed by atoms with Gasteiger partial charge in [0.2, 0.25) is 5.91 Å². The Bertz CT molecular complexity index is 1330. The number of nitrogens with one attached hydrogen (secondary N) is 2. The Kier molecular flexibility index (Phi) is 6.18. The molecule has 0 saturated carbocycles. The van der Waals surface area contributed by atoms with E-state index in [1.165, 1.54) is 17.3 Å². The predicted octanol–water partition coefficient (Wildman–Crippen LogP) is 3.49. The molecule has 2 amide bonds. The van der Waals surface area contributed by atoms with Gasteiger partial charge < -0.3 is 20.1 Å². The quantitative estimate of drug-likeness (QED) is 0.562. The van der Waals surface area contributed by atoms with Crippen molar-refractivity contribution in [2.24, 2.45) is 0 Å². The minimum Gasteiger partial charge on any atom is -0.497 e. The van der Waals surface area contributed by atoms with Crippen LogP contribution in [-0.4, -0.2) is 66.3 Å². The topological polar surface area (TPSA) is 92.8 Å². The van der Waals surface area contributed by atoms with E-state index >= 15 is 0 Å². The Balaban J connectivity index is 1.09. The molecule has 1 atom stereocenters. The number of piperidine rings is 1. The average Bonchev–Trinajstić information content (AvgIpc) is 2.92. The number of carbonyl (C=O) groups is 2. The molecule has 0 bridgehead atoms. The molecule has 36 heavy (non-hydrogen) atoms. The molecule has 2 N–H and O–H groups in total. The summed E-state index contributed by atoms with van der Waals surface area (Å²) in [6.45, 7) is 2.44. The second kappa shape index (κ2) is 9.63. The number of methoxy groups -OCH3 is 1. The molecule has 186 valence electrons. The van der Waals surface area contributed by atoms with Crippen molar-refractivity contribution in [1.29, 1.82) is 0 Å². The second-order valence-corrected chi connectivity index (χ2v) is 10.5. The molecule has 9 heteroatoms. The molecule has 6 rings (SSSR count). The number of nitrogens with zero attached hydrogens (tertiary/aromatic N) is 2. The van der Waals surface area contributed by atoms with Crippen molar-refractivity contribution in [1.82, 2.24) is 15.2 Å². The van der Waals surface area contributed by atoms with Gasteiger partial charge in [-0.25, -0.2) is 0 Å². The Labute approximate surface area is 213 Å². The highest BCUT2D eigenvalue weighted by atomic mass is 32.2. The molecule has 0 aliphatic carbocycles. The molecule has 0 radical (unpaired) electrons. The zero-order valence-electron chi connectivity index (χ0n) is 20.1. The third kappa shape index (κ3) is 4.49. The van der Waals surface area contributed by atoms with Crippen molar-refractivity contribution >= 4 is 40.2 Å². The number of rotatable bonds is 4. The molecule has 1 aromatic heterocycles. The van der Waals surface area contributed by atoms with Crippen LogP contribution in [0.25, 0.3) is 10.9 Å². The lowest BCUT2D eigenvalue weighted by atomic mass is 9.95. The van der Waals surface area contributed by atoms with Crippen molar-refractivity contribution in [3.05, 3.63) is 53.7 Å². The van der Waals surface area contributed by atoms with Crippen molar-refractivity contribution in [2.45, 2.75) is 36.2 Å². The zero-order chi connectivity index (χ0) is 24.6. The van der Waals surface area contributed by atoms with Crippen LogP contribution in [0.15, 0.2) is 47.5 Å². The monoisotopic (exact) mass is 504 g/mol. The smallest absolute Gasteiger partial charge is 0.251 e. The highest BCUT2D eigenvalue weighted by Crippen LogP contribution is 2.35. The van der Waals surface area contributed by atoms with Gasteiger partial charge >= 0.3 is 0 Å². The van der Waals surface area contributed by atoms with Crippen molar-refractivity contribution < 1.29 is 19.1 Å². The molecule has 1 fully saturated rings. The maximum absolute atomic E-state index is 12.9. The maximum Gasteiger partial charge on any atom is 0.251 e. The number of pyridine rings is 1. The molecule has 2 aromatic carbocycles. The van der Waals surface area contributed by atoms with Crippen LogP contribution in [0.2, 0.25) is 0 Å². The van der Waals surface area contributed by atoms with Gasteiger partial charge in [0, 0.05) is 46.6 Å². The summed E-state index contributed by atoms with van der Waals surface area (Å²) in [5.74, 6) is 1.96. The average molecular weight is 505 g/mol. The van der Waals surface area contributed by atoms with Gasteiger partial charge in [0.05, 0.1) is 30.3 Å². The van der Waals surface area contributed by atoms with E-state index in [-0.39, 0.29) is 23.9 Å². The number of likely N-dealkylation sites (tertiary alicyclic amines) is 1. The molecule has 8 nitrogen and oxygen atoms in total. The third-order valence-electron chi connectivity index (χ3n) is 7.27. The normalized spacial score (nSPS) is 20.1. The third-order valence-corrected chi connectivity index (χ3v) is 8.35. The summed E-state index contributed by atoms with van der Waals surface area (Å²) in [7, 11) is 1.68. The molecular weight excluding hydrogens is 476 g/mol. The first-order valence-electron chi connectivity index (χ1n) is 12.3. The van der Waals surface area contributed by atoms with E-state index in [2.05, 4.69) is 20.5 Å². The Morgan fingerprint density at radius 3 is 2.92 bits per heavy atom. The number of hydrogen-bond acceptors (Lipinski definition) is 7. The molecule has 4 heterocycles. The summed E-state index contributed by atoms with van der Waals surface area (Å²) >= 11 is 1.50. The SMILES string of the molecule is COc1ccc2ncc3c(c2c1)CC(N1CCC(NC(=O)c2ccc4c(c2)NC(=O)CS4)CC1)CO3. The Morgan fingerprint density at radius 2 is 2.08 bits per heavy atom. The standard InChI is InChI=1S/C27H28N4O4S/c1-34-19-3-4-22-20(12-19)21-11-18(14-35-24(21)13-28-22)31-8-6-17(7-9-31)29-27(33)16-2-5-25-23(10-16)30-26(32)15-36-25/h2-5,10,12-13,17-18H,6-9,11,14-15H2,1H3,(H,29,33)(H,30,32). The number of fused-ring (bicyclic) bond motifs is 4. The fourth-order valence-corrected chi connectivity index (χ4v) is 6.08. The van der Waals surface area contributed by atoms with Crippen LogP contribution >= 0.6 is 11.8 Å². The lowest BCUT2D eigenvalue weighted by Gasteiger charge is -2.39. The molecule has 3 aliphatic heterocycles. The molecule has 0 spiro atoms. The minimum atomic E-state index is -0.0936. The number of hydrogen-bond donors (Lipinski definition) is 2. The number of amides is 2. The van der Waals surface area contributed by atoms with Crippen LogP contribution in [0, 0.1) is 0 Å². The van der Waals surface area contributed by atoms with Crippen LogP contribution in [0.4, 0.5) is 5.69 Å². The van der Waals surface area contributed by atoms with Crippen molar-refractivity contribution in [3.8, 4) is 11.5 Å². The number of aromatic nitrogens is 1. The molecule has 1 unspecified atom stereocenters. The minimum absolute atomic E-state index is 0.0323. The first kappa shape index (κ1) is 23.1. The summed E-state index contributed by atoms with van der Waals surface area (Å²) in [5, 5.41) is 7.13. The Morgan fingerprint density at radius 1 is 1.22 bits per heavy atom. The van der Waals surface area contributed by atoms with Gasteiger partial charge in [-0.2, -0.15) is 0 Å². The lowest BCUT2D eigenvalue weighted by molar-refractivity contribution is -0.113. The van der Waals surface area contributed by atoms with Gasteiger partial charge in [-0.3, -0.25) is 19.5 Å². The summed E-state index contributed by atoms with van der Waals surface area (Å²) in [4.78, 5) is 32.6. The maximum atomic E-state index is 12.9. The second-order valence-electron chi connectivity index (χ2n) is 9.48. The van der Waals surface area contributed by atoms with Gasteiger partial charge in [0.25, 0.3) is 5.91 Å². The fourth-order valence-electron chi connectivity index (χ4n) is 5.29. The van der Waals surface area contributed by atoms with Crippen molar-refractivity contribution in [3.63, 3.8) is 0 Å². The van der Waals surface area contributed by atoms with E-state index < -0.39 is 0 Å². The Hall–Kier alpha value is -3.30. The number of thioether (sulfide) groups is 1. The summed E-state index contributed by atoms with van der Waals surface area (Å²) in [5.41, 5.74) is 3.42. The number of carbonyl (C=O) groups excluding carboxylic acids is 2.